The zero-order valence-corrected chi connectivity index (χ0v) is 14.8. The first-order valence-electron chi connectivity index (χ1n) is 7.22. The first-order chi connectivity index (χ1) is 9.01. The lowest BCUT2D eigenvalue weighted by Gasteiger charge is -2.37. The van der Waals surface area contributed by atoms with Crippen molar-refractivity contribution < 1.29 is 19.1 Å². The molecule has 20 heavy (non-hydrogen) atoms. The van der Waals surface area contributed by atoms with Crippen LogP contribution < -0.4 is 0 Å². The van der Waals surface area contributed by atoms with Crippen LogP contribution in [0, 0.1) is 0 Å². The Balaban J connectivity index is 4.30. The van der Waals surface area contributed by atoms with E-state index in [9.17, 15) is 9.90 Å². The Morgan fingerprint density at radius 2 is 1.90 bits per heavy atom. The Morgan fingerprint density at radius 3 is 2.35 bits per heavy atom. The van der Waals surface area contributed by atoms with E-state index in [0.29, 0.717) is 12.4 Å². The van der Waals surface area contributed by atoms with Crippen LogP contribution in [0.3, 0.4) is 0 Å². The van der Waals surface area contributed by atoms with Gasteiger partial charge in [0.25, 0.3) is 0 Å². The molecular formula is C15H30O4Si. The van der Waals surface area contributed by atoms with Gasteiger partial charge in [0.1, 0.15) is 0 Å². The van der Waals surface area contributed by atoms with Gasteiger partial charge >= 0.3 is 5.97 Å². The van der Waals surface area contributed by atoms with E-state index in [1.807, 2.05) is 6.92 Å². The molecule has 0 amide bonds. The standard InChI is InChI=1S/C15H30O4Si/c1-8-9-10-18-14(17)13(16)11-12(2)19-20(6,7)15(3,4)5/h13,16H,2,8-11H2,1,3-7H3. The second kappa shape index (κ2) is 7.83. The average molecular weight is 302 g/mol. The number of hydrogen-bond donors (Lipinski definition) is 1. The zero-order valence-electron chi connectivity index (χ0n) is 13.8. The third-order valence-corrected chi connectivity index (χ3v) is 8.05. The van der Waals surface area contributed by atoms with Gasteiger partial charge < -0.3 is 14.3 Å². The highest BCUT2D eigenvalue weighted by Crippen LogP contribution is 2.38. The topological polar surface area (TPSA) is 55.8 Å². The first kappa shape index (κ1) is 19.2. The molecule has 118 valence electrons. The number of esters is 1. The van der Waals surface area contributed by atoms with Gasteiger partial charge in [0.2, 0.25) is 8.32 Å². The molecule has 0 aromatic rings. The van der Waals surface area contributed by atoms with Crippen LogP contribution in [0.2, 0.25) is 18.1 Å². The predicted octanol–water partition coefficient (Wildman–Crippen LogP) is 3.62. The zero-order chi connectivity index (χ0) is 16.0. The normalized spacial score (nSPS) is 13.8. The van der Waals surface area contributed by atoms with Crippen LogP contribution in [0.5, 0.6) is 0 Å². The van der Waals surface area contributed by atoms with Crippen molar-refractivity contribution in [3.8, 4) is 0 Å². The van der Waals surface area contributed by atoms with E-state index < -0.39 is 20.4 Å². The lowest BCUT2D eigenvalue weighted by atomic mass is 10.2. The van der Waals surface area contributed by atoms with Crippen LogP contribution in [-0.2, 0) is 14.0 Å². The van der Waals surface area contributed by atoms with Gasteiger partial charge in [-0.2, -0.15) is 0 Å². The Labute approximate surface area is 124 Å². The summed E-state index contributed by atoms with van der Waals surface area (Å²) in [6.07, 6.45) is 0.658. The second-order valence-corrected chi connectivity index (χ2v) is 11.4. The molecule has 0 saturated heterocycles. The third-order valence-electron chi connectivity index (χ3n) is 3.64. The largest absolute Gasteiger partial charge is 0.547 e. The van der Waals surface area contributed by atoms with Crippen LogP contribution in [0.25, 0.3) is 0 Å². The van der Waals surface area contributed by atoms with Gasteiger partial charge in [-0.1, -0.05) is 40.7 Å². The second-order valence-electron chi connectivity index (χ2n) is 6.64. The summed E-state index contributed by atoms with van der Waals surface area (Å²) in [5.74, 6) is -0.144. The number of rotatable bonds is 8. The van der Waals surface area contributed by atoms with E-state index in [4.69, 9.17) is 9.16 Å². The maximum absolute atomic E-state index is 11.6. The summed E-state index contributed by atoms with van der Waals surface area (Å²) in [6.45, 7) is 16.8. The van der Waals surface area contributed by atoms with Gasteiger partial charge in [-0.15, -0.1) is 0 Å². The molecule has 5 heteroatoms. The maximum Gasteiger partial charge on any atom is 0.335 e. The maximum atomic E-state index is 11.6. The van der Waals surface area contributed by atoms with E-state index in [2.05, 4.69) is 40.4 Å². The minimum Gasteiger partial charge on any atom is -0.547 e. The molecule has 1 atom stereocenters. The third kappa shape index (κ3) is 6.57. The fraction of sp³-hybridized carbons (Fsp3) is 0.800. The highest BCUT2D eigenvalue weighted by atomic mass is 28.4. The molecule has 0 bridgehead atoms. The van der Waals surface area contributed by atoms with Crippen LogP contribution in [-0.4, -0.2) is 32.1 Å². The molecule has 0 fully saturated rings. The molecule has 4 nitrogen and oxygen atoms in total. The SMILES string of the molecule is C=C(CC(O)C(=O)OCCCC)O[Si](C)(C)C(C)(C)C. The van der Waals surface area contributed by atoms with Crippen molar-refractivity contribution in [1.82, 2.24) is 0 Å². The molecule has 0 aromatic heterocycles. The molecule has 0 aliphatic heterocycles. The minimum atomic E-state index is -1.96. The summed E-state index contributed by atoms with van der Waals surface area (Å²) in [5.41, 5.74) is 0. The van der Waals surface area contributed by atoms with E-state index >= 15 is 0 Å². The van der Waals surface area contributed by atoms with Gasteiger partial charge in [-0.05, 0) is 24.6 Å². The highest BCUT2D eigenvalue weighted by molar-refractivity contribution is 6.74. The van der Waals surface area contributed by atoms with E-state index in [1.165, 1.54) is 0 Å². The average Bonchev–Trinajstić information content (AvgIpc) is 2.26. The Morgan fingerprint density at radius 1 is 1.35 bits per heavy atom. The lowest BCUT2D eigenvalue weighted by Crippen LogP contribution is -2.40. The van der Waals surface area contributed by atoms with Crippen molar-refractivity contribution in [2.45, 2.75) is 71.2 Å². The van der Waals surface area contributed by atoms with Crippen LogP contribution in [0.15, 0.2) is 12.3 Å². The molecule has 0 aliphatic carbocycles. The van der Waals surface area contributed by atoms with Crippen molar-refractivity contribution in [2.24, 2.45) is 0 Å². The molecule has 0 spiro atoms. The lowest BCUT2D eigenvalue weighted by molar-refractivity contribution is -0.153. The number of carbonyl (C=O) groups is 1. The molecule has 0 saturated carbocycles. The summed E-state index contributed by atoms with van der Waals surface area (Å²) in [7, 11) is -1.96. The molecule has 0 heterocycles. The van der Waals surface area contributed by atoms with Gasteiger partial charge in [0.05, 0.1) is 12.4 Å². The van der Waals surface area contributed by atoms with Gasteiger partial charge in [0, 0.05) is 6.42 Å². The number of carbonyl (C=O) groups excluding carboxylic acids is 1. The van der Waals surface area contributed by atoms with E-state index in [0.717, 1.165) is 12.8 Å². The number of aliphatic hydroxyl groups excluding tert-OH is 1. The van der Waals surface area contributed by atoms with Crippen LogP contribution in [0.1, 0.15) is 47.0 Å². The fourth-order valence-corrected chi connectivity index (χ4v) is 2.38. The van der Waals surface area contributed by atoms with Crippen LogP contribution >= 0.6 is 0 Å². The Kier molecular flexibility index (Phi) is 7.52. The quantitative estimate of drug-likeness (QED) is 0.322. The van der Waals surface area contributed by atoms with Crippen LogP contribution in [0.4, 0.5) is 0 Å². The van der Waals surface area contributed by atoms with Crippen molar-refractivity contribution in [2.75, 3.05) is 6.61 Å². The summed E-state index contributed by atoms with van der Waals surface area (Å²) in [5, 5.41) is 9.85. The molecule has 0 radical (unpaired) electrons. The number of unbranched alkanes of at least 4 members (excludes halogenated alkanes) is 1. The van der Waals surface area contributed by atoms with E-state index in [-0.39, 0.29) is 11.5 Å². The summed E-state index contributed by atoms with van der Waals surface area (Å²) in [6, 6.07) is 0. The summed E-state index contributed by atoms with van der Waals surface area (Å²) in [4.78, 5) is 11.6. The molecule has 0 rings (SSSR count). The molecule has 0 aliphatic rings. The van der Waals surface area contributed by atoms with E-state index in [1.54, 1.807) is 0 Å². The Bertz CT molecular complexity index is 331. The minimum absolute atomic E-state index is 0.0581. The molecular weight excluding hydrogens is 272 g/mol. The van der Waals surface area contributed by atoms with Crippen molar-refractivity contribution in [1.29, 1.82) is 0 Å². The monoisotopic (exact) mass is 302 g/mol. The predicted molar refractivity (Wildman–Crippen MR) is 83.9 cm³/mol. The Hall–Kier alpha value is -0.813. The van der Waals surface area contributed by atoms with Crippen molar-refractivity contribution >= 4 is 14.3 Å². The van der Waals surface area contributed by atoms with Gasteiger partial charge in [0.15, 0.2) is 6.10 Å². The fourth-order valence-electron chi connectivity index (χ4n) is 1.27. The highest BCUT2D eigenvalue weighted by Gasteiger charge is 2.39. The summed E-state index contributed by atoms with van der Waals surface area (Å²) >= 11 is 0. The first-order valence-corrected chi connectivity index (χ1v) is 10.1. The van der Waals surface area contributed by atoms with Crippen molar-refractivity contribution in [3.05, 3.63) is 12.3 Å². The summed E-state index contributed by atoms with van der Waals surface area (Å²) < 4.78 is 10.9. The smallest absolute Gasteiger partial charge is 0.335 e. The van der Waals surface area contributed by atoms with Gasteiger partial charge in [-0.25, -0.2) is 4.79 Å². The van der Waals surface area contributed by atoms with Crippen molar-refractivity contribution in [3.63, 3.8) is 0 Å². The molecule has 0 aromatic carbocycles. The molecule has 1 N–H and O–H groups in total. The number of ether oxygens (including phenoxy) is 1. The van der Waals surface area contributed by atoms with Gasteiger partial charge in [-0.3, -0.25) is 0 Å². The molecule has 1 unspecified atom stereocenters. The number of aliphatic hydroxyl groups is 1. The number of hydrogen-bond acceptors (Lipinski definition) is 4.